The van der Waals surface area contributed by atoms with Crippen molar-refractivity contribution in [1.82, 2.24) is 4.90 Å². The maximum absolute atomic E-state index is 12.6. The van der Waals surface area contributed by atoms with Crippen LogP contribution in [0.1, 0.15) is 49.1 Å². The van der Waals surface area contributed by atoms with Crippen LogP contribution in [0.5, 0.6) is 0 Å². The Morgan fingerprint density at radius 2 is 1.85 bits per heavy atom. The Morgan fingerprint density at radius 1 is 1.07 bits per heavy atom. The minimum Gasteiger partial charge on any atom is -0.484 e. The van der Waals surface area contributed by atoms with Crippen molar-refractivity contribution in [1.29, 1.82) is 0 Å². The molecule has 1 amide bonds. The summed E-state index contributed by atoms with van der Waals surface area (Å²) in [6.07, 6.45) is 0.980. The van der Waals surface area contributed by atoms with Crippen molar-refractivity contribution >= 4 is 22.9 Å². The third kappa shape index (κ3) is 3.15. The zero-order valence-electron chi connectivity index (χ0n) is 16.2. The van der Waals surface area contributed by atoms with Gasteiger partial charge >= 0.3 is 0 Å². The summed E-state index contributed by atoms with van der Waals surface area (Å²) in [5, 5.41) is 2.94. The number of para-hydroxylation sites is 1. The SMILES string of the molecule is CCN(CC)CCc1ccc2c(c1)C(C)OC2=C1C(=O)Nc2ccccc21. The minimum absolute atomic E-state index is 0.0449. The quantitative estimate of drug-likeness (QED) is 0.797. The Hall–Kier alpha value is -2.59. The Labute approximate surface area is 160 Å². The van der Waals surface area contributed by atoms with Gasteiger partial charge in [0.1, 0.15) is 11.9 Å². The molecule has 4 nitrogen and oxygen atoms in total. The third-order valence-electron chi connectivity index (χ3n) is 5.60. The molecule has 0 saturated carbocycles. The molecular weight excluding hydrogens is 336 g/mol. The van der Waals surface area contributed by atoms with E-state index in [1.165, 1.54) is 11.1 Å². The normalized spacial score (nSPS) is 20.4. The van der Waals surface area contributed by atoms with Crippen LogP contribution in [0, 0.1) is 0 Å². The van der Waals surface area contributed by atoms with E-state index in [1.807, 2.05) is 24.3 Å². The second-order valence-corrected chi connectivity index (χ2v) is 7.16. The van der Waals surface area contributed by atoms with Gasteiger partial charge in [0.05, 0.1) is 5.57 Å². The van der Waals surface area contributed by atoms with Gasteiger partial charge in [-0.15, -0.1) is 0 Å². The van der Waals surface area contributed by atoms with Crippen molar-refractivity contribution in [3.8, 4) is 0 Å². The number of anilines is 1. The van der Waals surface area contributed by atoms with Gasteiger partial charge < -0.3 is 15.0 Å². The molecule has 140 valence electrons. The lowest BCUT2D eigenvalue weighted by Crippen LogP contribution is -2.25. The number of carbonyl (C=O) groups is 1. The van der Waals surface area contributed by atoms with E-state index in [4.69, 9.17) is 4.74 Å². The average molecular weight is 362 g/mol. The number of likely N-dealkylation sites (N-methyl/N-ethyl adjacent to an activating group) is 1. The topological polar surface area (TPSA) is 41.6 Å². The summed E-state index contributed by atoms with van der Waals surface area (Å²) in [4.78, 5) is 15.0. The molecule has 0 fully saturated rings. The molecule has 2 aromatic carbocycles. The van der Waals surface area contributed by atoms with Crippen LogP contribution in [0.3, 0.4) is 0 Å². The van der Waals surface area contributed by atoms with E-state index in [2.05, 4.69) is 49.2 Å². The molecule has 2 heterocycles. The van der Waals surface area contributed by atoms with Crippen molar-refractivity contribution < 1.29 is 9.53 Å². The van der Waals surface area contributed by atoms with Gasteiger partial charge in [-0.1, -0.05) is 50.2 Å². The fraction of sp³-hybridized carbons (Fsp3) is 0.348. The zero-order chi connectivity index (χ0) is 19.0. The van der Waals surface area contributed by atoms with E-state index in [0.29, 0.717) is 11.3 Å². The van der Waals surface area contributed by atoms with Crippen molar-refractivity contribution in [3.63, 3.8) is 0 Å². The molecule has 2 aromatic rings. The molecule has 0 radical (unpaired) electrons. The van der Waals surface area contributed by atoms with Crippen molar-refractivity contribution in [3.05, 3.63) is 64.7 Å². The summed E-state index contributed by atoms with van der Waals surface area (Å²) in [6, 6.07) is 14.3. The molecule has 2 aliphatic rings. The molecule has 4 heteroatoms. The number of amides is 1. The summed E-state index contributed by atoms with van der Waals surface area (Å²) < 4.78 is 6.17. The highest BCUT2D eigenvalue weighted by Gasteiger charge is 2.34. The molecular formula is C23H26N2O2. The van der Waals surface area contributed by atoms with E-state index in [1.54, 1.807) is 0 Å². The van der Waals surface area contributed by atoms with Gasteiger partial charge in [0, 0.05) is 28.9 Å². The smallest absolute Gasteiger partial charge is 0.260 e. The maximum atomic E-state index is 12.6. The summed E-state index contributed by atoms with van der Waals surface area (Å²) in [6.45, 7) is 9.66. The maximum Gasteiger partial charge on any atom is 0.260 e. The first kappa shape index (κ1) is 17.8. The number of carbonyl (C=O) groups excluding carboxylic acids is 1. The second kappa shape index (κ2) is 7.20. The van der Waals surface area contributed by atoms with Crippen LogP contribution in [0.25, 0.3) is 11.3 Å². The van der Waals surface area contributed by atoms with Gasteiger partial charge in [-0.05, 0) is 38.1 Å². The molecule has 0 aliphatic carbocycles. The highest BCUT2D eigenvalue weighted by atomic mass is 16.5. The molecule has 0 bridgehead atoms. The van der Waals surface area contributed by atoms with Crippen LogP contribution in [0.2, 0.25) is 0 Å². The van der Waals surface area contributed by atoms with Crippen LogP contribution < -0.4 is 5.32 Å². The van der Waals surface area contributed by atoms with Crippen LogP contribution in [0.4, 0.5) is 5.69 Å². The zero-order valence-corrected chi connectivity index (χ0v) is 16.2. The fourth-order valence-electron chi connectivity index (χ4n) is 3.98. The molecule has 0 spiro atoms. The number of hydrogen-bond donors (Lipinski definition) is 1. The Kier molecular flexibility index (Phi) is 4.75. The summed E-state index contributed by atoms with van der Waals surface area (Å²) in [7, 11) is 0. The van der Waals surface area contributed by atoms with Gasteiger partial charge in [-0.3, -0.25) is 4.79 Å². The first-order valence-corrected chi connectivity index (χ1v) is 9.79. The molecule has 27 heavy (non-hydrogen) atoms. The monoisotopic (exact) mass is 362 g/mol. The van der Waals surface area contributed by atoms with E-state index in [0.717, 1.165) is 42.9 Å². The second-order valence-electron chi connectivity index (χ2n) is 7.16. The standard InChI is InChI=1S/C23H26N2O2/c1-4-25(5-2)13-12-16-10-11-17-19(14-16)15(3)27-22(17)21-18-8-6-7-9-20(18)24-23(21)26/h6-11,14-15H,4-5,12-13H2,1-3H3,(H,24,26). The van der Waals surface area contributed by atoms with Gasteiger partial charge in [-0.2, -0.15) is 0 Å². The molecule has 2 aliphatic heterocycles. The van der Waals surface area contributed by atoms with E-state index in [9.17, 15) is 4.79 Å². The van der Waals surface area contributed by atoms with Crippen LogP contribution in [-0.4, -0.2) is 30.4 Å². The lowest BCUT2D eigenvalue weighted by molar-refractivity contribution is -0.110. The first-order valence-electron chi connectivity index (χ1n) is 9.79. The average Bonchev–Trinajstić information content (AvgIpc) is 3.18. The number of benzene rings is 2. The van der Waals surface area contributed by atoms with Gasteiger partial charge in [0.2, 0.25) is 0 Å². The predicted octanol–water partition coefficient (Wildman–Crippen LogP) is 4.48. The van der Waals surface area contributed by atoms with E-state index in [-0.39, 0.29) is 12.0 Å². The van der Waals surface area contributed by atoms with Crippen LogP contribution in [0.15, 0.2) is 42.5 Å². The predicted molar refractivity (Wildman–Crippen MR) is 109 cm³/mol. The minimum atomic E-state index is -0.0862. The number of ether oxygens (including phenoxy) is 1. The molecule has 1 unspecified atom stereocenters. The first-order chi connectivity index (χ1) is 13.1. The molecule has 1 N–H and O–H groups in total. The number of nitrogens with one attached hydrogen (secondary N) is 1. The van der Waals surface area contributed by atoms with Gasteiger partial charge in [0.15, 0.2) is 0 Å². The lowest BCUT2D eigenvalue weighted by atomic mass is 9.96. The van der Waals surface area contributed by atoms with Crippen molar-refractivity contribution in [2.24, 2.45) is 0 Å². The molecule has 1 atom stereocenters. The van der Waals surface area contributed by atoms with Crippen molar-refractivity contribution in [2.45, 2.75) is 33.3 Å². The number of hydrogen-bond acceptors (Lipinski definition) is 3. The van der Waals surface area contributed by atoms with Crippen LogP contribution >= 0.6 is 0 Å². The highest BCUT2D eigenvalue weighted by Crippen LogP contribution is 2.45. The summed E-state index contributed by atoms with van der Waals surface area (Å²) >= 11 is 0. The largest absolute Gasteiger partial charge is 0.484 e. The Bertz CT molecular complexity index is 912. The van der Waals surface area contributed by atoms with Crippen molar-refractivity contribution in [2.75, 3.05) is 25.0 Å². The third-order valence-corrected chi connectivity index (χ3v) is 5.60. The lowest BCUT2D eigenvalue weighted by Gasteiger charge is -2.18. The molecule has 0 saturated heterocycles. The van der Waals surface area contributed by atoms with Gasteiger partial charge in [0.25, 0.3) is 5.91 Å². The summed E-state index contributed by atoms with van der Waals surface area (Å²) in [5.74, 6) is 0.618. The van der Waals surface area contributed by atoms with Crippen LogP contribution in [-0.2, 0) is 16.0 Å². The summed E-state index contributed by atoms with van der Waals surface area (Å²) in [5.41, 5.74) is 5.95. The number of rotatable bonds is 5. The highest BCUT2D eigenvalue weighted by molar-refractivity contribution is 6.36. The van der Waals surface area contributed by atoms with E-state index >= 15 is 0 Å². The number of fused-ring (bicyclic) bond motifs is 2. The molecule has 0 aromatic heterocycles. The van der Waals surface area contributed by atoms with Gasteiger partial charge in [-0.25, -0.2) is 0 Å². The number of nitrogens with zero attached hydrogens (tertiary/aromatic N) is 1. The Balaban J connectivity index is 1.69. The molecule has 4 rings (SSSR count). The van der Waals surface area contributed by atoms with E-state index < -0.39 is 0 Å². The fourth-order valence-corrected chi connectivity index (χ4v) is 3.98. The Morgan fingerprint density at radius 3 is 2.63 bits per heavy atom.